The normalized spacial score (nSPS) is 17.6. The highest BCUT2D eigenvalue weighted by molar-refractivity contribution is 5.31. The van der Waals surface area contributed by atoms with Crippen molar-refractivity contribution in [3.8, 4) is 5.75 Å². The van der Waals surface area contributed by atoms with E-state index in [2.05, 4.69) is 5.32 Å². The first-order valence-corrected chi connectivity index (χ1v) is 6.46. The summed E-state index contributed by atoms with van der Waals surface area (Å²) in [6.07, 6.45) is 1.08. The Kier molecular flexibility index (Phi) is 5.13. The Hall–Kier alpha value is -1.17. The maximum atomic E-state index is 14.1. The first kappa shape index (κ1) is 14.2. The van der Waals surface area contributed by atoms with Crippen LogP contribution in [0, 0.1) is 5.82 Å². The fraction of sp³-hybridized carbons (Fsp3) is 0.571. The molecule has 1 aliphatic rings. The van der Waals surface area contributed by atoms with E-state index in [1.54, 1.807) is 18.2 Å². The zero-order valence-corrected chi connectivity index (χ0v) is 11.3. The molecule has 4 nitrogen and oxygen atoms in total. The summed E-state index contributed by atoms with van der Waals surface area (Å²) in [5, 5.41) is 3.17. The lowest BCUT2D eigenvalue weighted by Crippen LogP contribution is -2.32. The topological polar surface area (TPSA) is 39.7 Å². The number of methoxy groups -OCH3 is 1. The third-order valence-electron chi connectivity index (χ3n) is 3.31. The molecular weight excluding hydrogens is 249 g/mol. The molecule has 0 amide bonds. The number of benzene rings is 1. The first-order valence-electron chi connectivity index (χ1n) is 6.46. The number of rotatable bonds is 6. The van der Waals surface area contributed by atoms with Crippen molar-refractivity contribution in [1.82, 2.24) is 5.32 Å². The molecule has 5 heteroatoms. The van der Waals surface area contributed by atoms with Crippen LogP contribution in [0.3, 0.4) is 0 Å². The SMILES string of the molecule is CNC(Cc1cccc(OC)c1F)CC1OCCO1. The highest BCUT2D eigenvalue weighted by Crippen LogP contribution is 2.22. The first-order chi connectivity index (χ1) is 9.24. The van der Waals surface area contributed by atoms with Gasteiger partial charge in [0.15, 0.2) is 17.9 Å². The van der Waals surface area contributed by atoms with Crippen molar-refractivity contribution in [3.63, 3.8) is 0 Å². The molecule has 1 unspecified atom stereocenters. The number of nitrogens with one attached hydrogen (secondary N) is 1. The number of ether oxygens (including phenoxy) is 3. The second-order valence-electron chi connectivity index (χ2n) is 4.53. The van der Waals surface area contributed by atoms with Gasteiger partial charge in [-0.15, -0.1) is 0 Å². The van der Waals surface area contributed by atoms with Crippen LogP contribution in [0.4, 0.5) is 4.39 Å². The van der Waals surface area contributed by atoms with Gasteiger partial charge in [0.25, 0.3) is 0 Å². The van der Waals surface area contributed by atoms with E-state index in [-0.39, 0.29) is 23.9 Å². The van der Waals surface area contributed by atoms with Gasteiger partial charge in [0.05, 0.1) is 20.3 Å². The van der Waals surface area contributed by atoms with Gasteiger partial charge in [0, 0.05) is 12.5 Å². The van der Waals surface area contributed by atoms with E-state index >= 15 is 0 Å². The van der Waals surface area contributed by atoms with Gasteiger partial charge in [0.2, 0.25) is 0 Å². The molecule has 1 aliphatic heterocycles. The summed E-state index contributed by atoms with van der Waals surface area (Å²) in [6, 6.07) is 5.30. The summed E-state index contributed by atoms with van der Waals surface area (Å²) in [5.74, 6) is -0.0146. The predicted octanol–water partition coefficient (Wildman–Crippen LogP) is 1.73. The molecule has 0 bridgehead atoms. The van der Waals surface area contributed by atoms with Gasteiger partial charge in [-0.3, -0.25) is 0 Å². The van der Waals surface area contributed by atoms with E-state index in [0.717, 1.165) is 0 Å². The molecule has 1 heterocycles. The molecular formula is C14H20FNO3. The van der Waals surface area contributed by atoms with Crippen molar-refractivity contribution >= 4 is 0 Å². The average molecular weight is 269 g/mol. The van der Waals surface area contributed by atoms with Crippen LogP contribution < -0.4 is 10.1 Å². The van der Waals surface area contributed by atoms with Crippen LogP contribution in [0.5, 0.6) is 5.75 Å². The molecule has 0 aromatic heterocycles. The fourth-order valence-electron chi connectivity index (χ4n) is 2.22. The maximum absolute atomic E-state index is 14.1. The largest absolute Gasteiger partial charge is 0.494 e. The van der Waals surface area contributed by atoms with Gasteiger partial charge in [-0.05, 0) is 25.1 Å². The molecule has 106 valence electrons. The quantitative estimate of drug-likeness (QED) is 0.853. The van der Waals surface area contributed by atoms with Gasteiger partial charge in [-0.1, -0.05) is 12.1 Å². The molecule has 1 aromatic carbocycles. The van der Waals surface area contributed by atoms with Crippen LogP contribution >= 0.6 is 0 Å². The highest BCUT2D eigenvalue weighted by atomic mass is 19.1. The molecule has 0 radical (unpaired) electrons. The van der Waals surface area contributed by atoms with Gasteiger partial charge in [-0.2, -0.15) is 0 Å². The fourth-order valence-corrected chi connectivity index (χ4v) is 2.22. The minimum absolute atomic E-state index is 0.102. The van der Waals surface area contributed by atoms with Crippen LogP contribution in [-0.2, 0) is 15.9 Å². The van der Waals surface area contributed by atoms with Crippen LogP contribution in [0.15, 0.2) is 18.2 Å². The van der Waals surface area contributed by atoms with Crippen molar-refractivity contribution in [2.75, 3.05) is 27.4 Å². The Balaban J connectivity index is 2.01. The van der Waals surface area contributed by atoms with Crippen molar-refractivity contribution in [1.29, 1.82) is 0 Å². The van der Waals surface area contributed by atoms with E-state index in [1.807, 2.05) is 7.05 Å². The van der Waals surface area contributed by atoms with Gasteiger partial charge in [-0.25, -0.2) is 4.39 Å². The minimum Gasteiger partial charge on any atom is -0.494 e. The van der Waals surface area contributed by atoms with Crippen molar-refractivity contribution < 1.29 is 18.6 Å². The molecule has 1 saturated heterocycles. The molecule has 1 atom stereocenters. The van der Waals surface area contributed by atoms with Gasteiger partial charge in [0.1, 0.15) is 0 Å². The Morgan fingerprint density at radius 1 is 1.42 bits per heavy atom. The summed E-state index contributed by atoms with van der Waals surface area (Å²) in [6.45, 7) is 1.27. The van der Waals surface area contributed by atoms with Crippen molar-refractivity contribution in [3.05, 3.63) is 29.6 Å². The van der Waals surface area contributed by atoms with Crippen LogP contribution in [-0.4, -0.2) is 39.7 Å². The number of hydrogen-bond acceptors (Lipinski definition) is 4. The van der Waals surface area contributed by atoms with Crippen molar-refractivity contribution in [2.24, 2.45) is 0 Å². The summed E-state index contributed by atoms with van der Waals surface area (Å²) >= 11 is 0. The maximum Gasteiger partial charge on any atom is 0.168 e. The van der Waals surface area contributed by atoms with Crippen LogP contribution in [0.1, 0.15) is 12.0 Å². The van der Waals surface area contributed by atoms with Gasteiger partial charge < -0.3 is 19.5 Å². The second-order valence-corrected chi connectivity index (χ2v) is 4.53. The third-order valence-corrected chi connectivity index (χ3v) is 3.31. The smallest absolute Gasteiger partial charge is 0.168 e. The van der Waals surface area contributed by atoms with Crippen LogP contribution in [0.25, 0.3) is 0 Å². The zero-order valence-electron chi connectivity index (χ0n) is 11.3. The van der Waals surface area contributed by atoms with E-state index in [9.17, 15) is 4.39 Å². The molecule has 0 aliphatic carbocycles. The predicted molar refractivity (Wildman–Crippen MR) is 69.8 cm³/mol. The molecule has 2 rings (SSSR count). The number of likely N-dealkylation sites (N-methyl/N-ethyl adjacent to an activating group) is 1. The Morgan fingerprint density at radius 3 is 2.79 bits per heavy atom. The second kappa shape index (κ2) is 6.84. The number of hydrogen-bond donors (Lipinski definition) is 1. The molecule has 1 N–H and O–H groups in total. The average Bonchev–Trinajstić information content (AvgIpc) is 2.93. The molecule has 19 heavy (non-hydrogen) atoms. The zero-order chi connectivity index (χ0) is 13.7. The third kappa shape index (κ3) is 3.65. The van der Waals surface area contributed by atoms with E-state index in [0.29, 0.717) is 31.6 Å². The molecule has 0 spiro atoms. The lowest BCUT2D eigenvalue weighted by Gasteiger charge is -2.20. The Morgan fingerprint density at radius 2 is 2.16 bits per heavy atom. The molecule has 0 saturated carbocycles. The van der Waals surface area contributed by atoms with E-state index in [1.165, 1.54) is 7.11 Å². The summed E-state index contributed by atoms with van der Waals surface area (Å²) in [5.41, 5.74) is 0.636. The summed E-state index contributed by atoms with van der Waals surface area (Å²) in [4.78, 5) is 0. The van der Waals surface area contributed by atoms with E-state index < -0.39 is 0 Å². The lowest BCUT2D eigenvalue weighted by molar-refractivity contribution is -0.0523. The molecule has 1 aromatic rings. The van der Waals surface area contributed by atoms with Gasteiger partial charge >= 0.3 is 0 Å². The summed E-state index contributed by atoms with van der Waals surface area (Å²) < 4.78 is 29.9. The number of halogens is 1. The van der Waals surface area contributed by atoms with Crippen LogP contribution in [0.2, 0.25) is 0 Å². The summed E-state index contributed by atoms with van der Waals surface area (Å²) in [7, 11) is 3.33. The lowest BCUT2D eigenvalue weighted by atomic mass is 10.0. The van der Waals surface area contributed by atoms with E-state index in [4.69, 9.17) is 14.2 Å². The molecule has 1 fully saturated rings. The standard InChI is InChI=1S/C14H20FNO3/c1-16-11(9-13-18-6-7-19-13)8-10-4-3-5-12(17-2)14(10)15/h3-5,11,13,16H,6-9H2,1-2H3. The van der Waals surface area contributed by atoms with Crippen molar-refractivity contribution in [2.45, 2.75) is 25.2 Å². The Labute approximate surface area is 112 Å². The highest BCUT2D eigenvalue weighted by Gasteiger charge is 2.22. The Bertz CT molecular complexity index is 408. The minimum atomic E-state index is -0.293. The monoisotopic (exact) mass is 269 g/mol.